The number of nitrogens with one attached hydrogen (secondary N) is 2. The molecule has 4 rings (SSSR count). The van der Waals surface area contributed by atoms with Crippen molar-refractivity contribution in [2.24, 2.45) is 0 Å². The van der Waals surface area contributed by atoms with E-state index in [9.17, 15) is 53.8 Å². The lowest BCUT2D eigenvalue weighted by Gasteiger charge is -2.16. The lowest BCUT2D eigenvalue weighted by Crippen LogP contribution is -2.34. The number of carbonyl (C=O) groups excluding carboxylic acids is 7. The topological polar surface area (TPSA) is 356 Å². The Morgan fingerprint density at radius 3 is 1.42 bits per heavy atom. The van der Waals surface area contributed by atoms with E-state index in [0.717, 1.165) is 24.3 Å². The Morgan fingerprint density at radius 2 is 1.06 bits per heavy atom. The van der Waals surface area contributed by atoms with Crippen LogP contribution in [0.2, 0.25) is 0 Å². The van der Waals surface area contributed by atoms with Crippen LogP contribution in [0.5, 0.6) is 0 Å². The summed E-state index contributed by atoms with van der Waals surface area (Å²) in [6, 6.07) is 6.53. The second-order valence-electron chi connectivity index (χ2n) is 15.8. The van der Waals surface area contributed by atoms with Gasteiger partial charge in [-0.2, -0.15) is 0 Å². The molecule has 388 valence electrons. The summed E-state index contributed by atoms with van der Waals surface area (Å²) in [5.41, 5.74) is -1.27. The van der Waals surface area contributed by atoms with Gasteiger partial charge in [-0.15, -0.1) is 10.2 Å². The van der Waals surface area contributed by atoms with Gasteiger partial charge in [0.1, 0.15) is 33.3 Å². The van der Waals surface area contributed by atoms with Gasteiger partial charge in [0, 0.05) is 49.2 Å². The molecule has 0 saturated heterocycles. The summed E-state index contributed by atoms with van der Waals surface area (Å²) in [5.74, 6) is -3.70. The Kier molecular flexibility index (Phi) is 21.0. The van der Waals surface area contributed by atoms with Crippen molar-refractivity contribution in [3.05, 3.63) is 103 Å². The van der Waals surface area contributed by atoms with Crippen LogP contribution in [0.4, 0.5) is 21.0 Å². The van der Waals surface area contributed by atoms with Gasteiger partial charge in [0.15, 0.2) is 0 Å². The van der Waals surface area contributed by atoms with Crippen LogP contribution in [-0.4, -0.2) is 117 Å². The van der Waals surface area contributed by atoms with E-state index in [1.165, 1.54) is 28.4 Å². The molecule has 0 saturated carbocycles. The number of alkyl halides is 2. The highest BCUT2D eigenvalue weighted by Crippen LogP contribution is 2.24. The number of ether oxygens (including phenoxy) is 7. The predicted molar refractivity (Wildman–Crippen MR) is 249 cm³/mol. The maximum atomic E-state index is 12.9. The van der Waals surface area contributed by atoms with Crippen LogP contribution >= 0.6 is 31.9 Å². The molecule has 72 heavy (non-hydrogen) atoms. The van der Waals surface area contributed by atoms with Crippen LogP contribution in [0.15, 0.2) is 48.8 Å². The minimum atomic E-state index is -2.44. The molecule has 2 N–H and O–H groups in total. The van der Waals surface area contributed by atoms with Crippen molar-refractivity contribution in [1.29, 1.82) is 0 Å². The number of halogens is 2. The zero-order valence-corrected chi connectivity index (χ0v) is 42.3. The molecule has 0 spiro atoms. The highest BCUT2D eigenvalue weighted by molar-refractivity contribution is 9.10. The molecule has 0 unspecified atom stereocenters. The fourth-order valence-electron chi connectivity index (χ4n) is 5.57. The first-order valence-corrected chi connectivity index (χ1v) is 23.0. The molecular formula is C42H48Br2N10O18. The maximum Gasteiger partial charge on any atom is 0.512 e. The molecule has 0 fully saturated rings. The number of nitro benzene ring substituents is 2. The van der Waals surface area contributed by atoms with Crippen molar-refractivity contribution >= 4 is 85.3 Å². The number of aromatic nitrogens is 6. The summed E-state index contributed by atoms with van der Waals surface area (Å²) >= 11 is 6.44. The van der Waals surface area contributed by atoms with E-state index in [1.807, 2.05) is 0 Å². The smallest absolute Gasteiger partial charge is 0.465 e. The van der Waals surface area contributed by atoms with Crippen LogP contribution in [0.25, 0.3) is 0 Å². The summed E-state index contributed by atoms with van der Waals surface area (Å²) in [5, 5.41) is 44.8. The van der Waals surface area contributed by atoms with E-state index in [4.69, 9.17) is 33.2 Å². The van der Waals surface area contributed by atoms with Crippen molar-refractivity contribution in [2.75, 3.05) is 19.8 Å². The van der Waals surface area contributed by atoms with Crippen molar-refractivity contribution in [3.63, 3.8) is 0 Å². The van der Waals surface area contributed by atoms with Crippen LogP contribution in [-0.2, 0) is 86.9 Å². The van der Waals surface area contributed by atoms with Crippen LogP contribution in [0.3, 0.4) is 0 Å². The van der Waals surface area contributed by atoms with Gasteiger partial charge in [-0.05, 0) is 58.9 Å². The minimum Gasteiger partial charge on any atom is -0.465 e. The SMILES string of the molecule is CCOC(=O)C(OC(=O)OCc1ccc(C(=O)NCc2cn(CCCOC(=O)C(C)(C)Br)nn2)cc1[N+](=O)[O-])OC(=O)OCc1ccc(C(=O)NCc2cn(CCCOC(=O)C(C)(C)Br)nn2)cc1[N+](=O)[O-]. The molecule has 0 bridgehead atoms. The van der Waals surface area contributed by atoms with E-state index in [1.54, 1.807) is 40.1 Å². The molecule has 30 heteroatoms. The number of hydrogen-bond acceptors (Lipinski definition) is 22. The lowest BCUT2D eigenvalue weighted by molar-refractivity contribution is -0.386. The Hall–Kier alpha value is -7.63. The molecule has 0 aliphatic heterocycles. The number of nitro groups is 2. The van der Waals surface area contributed by atoms with Gasteiger partial charge in [-0.1, -0.05) is 42.3 Å². The Labute approximate surface area is 425 Å². The first-order chi connectivity index (χ1) is 33.9. The zero-order valence-electron chi connectivity index (χ0n) is 39.2. The van der Waals surface area contributed by atoms with Crippen LogP contribution in [0, 0.1) is 20.2 Å². The normalized spacial score (nSPS) is 11.2. The lowest BCUT2D eigenvalue weighted by atomic mass is 10.1. The average molecular weight is 1140 g/mol. The van der Waals surface area contributed by atoms with Crippen molar-refractivity contribution in [3.8, 4) is 0 Å². The van der Waals surface area contributed by atoms with Gasteiger partial charge in [-0.25, -0.2) is 14.4 Å². The van der Waals surface area contributed by atoms with Crippen molar-refractivity contribution < 1.29 is 76.6 Å². The second kappa shape index (κ2) is 26.5. The third-order valence-electron chi connectivity index (χ3n) is 9.20. The molecule has 0 aliphatic carbocycles. The fraction of sp³-hybridized carbons (Fsp3) is 0.452. The molecule has 2 aromatic carbocycles. The minimum absolute atomic E-state index is 0.0989. The number of nitrogens with zero attached hydrogens (tertiary/aromatic N) is 8. The molecule has 2 amide bonds. The third kappa shape index (κ3) is 18.3. The summed E-state index contributed by atoms with van der Waals surface area (Å²) in [7, 11) is 0. The van der Waals surface area contributed by atoms with Crippen LogP contribution < -0.4 is 10.6 Å². The molecule has 0 atom stereocenters. The molecule has 0 radical (unpaired) electrons. The molecule has 4 aromatic rings. The summed E-state index contributed by atoms with van der Waals surface area (Å²) in [6.45, 7) is 6.87. The van der Waals surface area contributed by atoms with Gasteiger partial charge < -0.3 is 43.8 Å². The fourth-order valence-corrected chi connectivity index (χ4v) is 5.80. The number of amides is 2. The van der Waals surface area contributed by atoms with E-state index in [2.05, 4.69) is 63.1 Å². The van der Waals surface area contributed by atoms with E-state index in [0.29, 0.717) is 37.3 Å². The predicted octanol–water partition coefficient (Wildman–Crippen LogP) is 4.66. The quantitative estimate of drug-likeness (QED) is 0.0164. The first-order valence-electron chi connectivity index (χ1n) is 21.4. The highest BCUT2D eigenvalue weighted by Gasteiger charge is 2.32. The van der Waals surface area contributed by atoms with Gasteiger partial charge in [0.25, 0.3) is 23.2 Å². The number of esters is 3. The van der Waals surface area contributed by atoms with Gasteiger partial charge in [-0.3, -0.25) is 48.8 Å². The summed E-state index contributed by atoms with van der Waals surface area (Å²) in [4.78, 5) is 110. The first kappa shape index (κ1) is 57.0. The zero-order chi connectivity index (χ0) is 53.2. The number of rotatable bonds is 26. The van der Waals surface area contributed by atoms with Gasteiger partial charge >= 0.3 is 36.5 Å². The molecule has 28 nitrogen and oxygen atoms in total. The Morgan fingerprint density at radius 1 is 0.653 bits per heavy atom. The number of benzene rings is 2. The molecular weight excluding hydrogens is 1090 g/mol. The Balaban J connectivity index is 1.26. The van der Waals surface area contributed by atoms with E-state index in [-0.39, 0.29) is 55.2 Å². The third-order valence-corrected chi connectivity index (χ3v) is 9.85. The molecule has 2 heterocycles. The van der Waals surface area contributed by atoms with Gasteiger partial charge in [0.05, 0.1) is 66.3 Å². The van der Waals surface area contributed by atoms with E-state index < -0.39 is 91.4 Å². The molecule has 0 aliphatic rings. The highest BCUT2D eigenvalue weighted by atomic mass is 79.9. The number of carbonyl (C=O) groups is 7. The Bertz CT molecular complexity index is 2460. The number of aryl methyl sites for hydroxylation is 2. The molecule has 2 aromatic heterocycles. The van der Waals surface area contributed by atoms with Crippen LogP contribution in [0.1, 0.15) is 90.7 Å². The summed E-state index contributed by atoms with van der Waals surface area (Å²) < 4.78 is 35.9. The largest absolute Gasteiger partial charge is 0.512 e. The monoisotopic (exact) mass is 1140 g/mol. The van der Waals surface area contributed by atoms with Crippen molar-refractivity contribution in [1.82, 2.24) is 40.6 Å². The number of hydrogen-bond donors (Lipinski definition) is 2. The van der Waals surface area contributed by atoms with Crippen molar-refractivity contribution in [2.45, 2.75) is 102 Å². The second-order valence-corrected chi connectivity index (χ2v) is 19.8. The standard InChI is InChI=1S/C42H48Br2N10O18/c1-6-66-35(57)36(71-39(60)69-23-27-11-9-25(17-31(27)53(62)63)33(55)45-19-29-21-51(49-47-29)13-7-15-67-37(58)41(2,3)43)72-40(61)70-24-28-12-10-26(18-32(28)54(64)65)34(56)46-20-30-22-52(50-48-30)14-8-16-68-38(59)42(4,5)44/h9-12,17-18,21-22,36H,6-8,13-16,19-20,23-24H2,1-5H3,(H,45,55)(H,46,56). The van der Waals surface area contributed by atoms with E-state index >= 15 is 0 Å². The maximum absolute atomic E-state index is 12.9. The average Bonchev–Trinajstić information content (AvgIpc) is 3.99. The van der Waals surface area contributed by atoms with Gasteiger partial charge in [0.2, 0.25) is 0 Å². The summed E-state index contributed by atoms with van der Waals surface area (Å²) in [6.07, 6.45) is -1.79.